The number of halogens is 3. The molecule has 0 heterocycles. The van der Waals surface area contributed by atoms with Crippen molar-refractivity contribution in [3.8, 4) is 0 Å². The fraction of sp³-hybridized carbons (Fsp3) is 0.385. The average Bonchev–Trinajstić information content (AvgIpc) is 2.70. The predicted octanol–water partition coefficient (Wildman–Crippen LogP) is 4.66. The lowest BCUT2D eigenvalue weighted by molar-refractivity contribution is -0.137. The Hall–Kier alpha value is -1.25. The molecule has 3 heteroatoms. The van der Waals surface area contributed by atoms with Gasteiger partial charge in [-0.25, -0.2) is 0 Å². The van der Waals surface area contributed by atoms with E-state index in [4.69, 9.17) is 0 Å². The molecule has 0 unspecified atom stereocenters. The molecular formula is C13H13F3. The number of allylic oxidation sites excluding steroid dienone is 1. The van der Waals surface area contributed by atoms with Crippen molar-refractivity contribution < 1.29 is 13.2 Å². The van der Waals surface area contributed by atoms with Crippen LogP contribution in [0, 0.1) is 0 Å². The maximum atomic E-state index is 12.3. The molecule has 0 N–H and O–H groups in total. The normalized spacial score (nSPS) is 16.6. The smallest absolute Gasteiger partial charge is 0.166 e. The van der Waals surface area contributed by atoms with Gasteiger partial charge in [0.1, 0.15) is 0 Å². The van der Waals surface area contributed by atoms with E-state index in [0.29, 0.717) is 0 Å². The molecule has 0 bridgehead atoms. The van der Waals surface area contributed by atoms with Crippen molar-refractivity contribution in [1.29, 1.82) is 0 Å². The van der Waals surface area contributed by atoms with Crippen LogP contribution in [0.5, 0.6) is 0 Å². The minimum atomic E-state index is -4.24. The lowest BCUT2D eigenvalue weighted by Gasteiger charge is -2.06. The van der Waals surface area contributed by atoms with Gasteiger partial charge in [-0.3, -0.25) is 0 Å². The molecule has 1 aromatic carbocycles. The summed E-state index contributed by atoms with van der Waals surface area (Å²) in [4.78, 5) is 0. The molecule has 0 radical (unpaired) electrons. The van der Waals surface area contributed by atoms with Gasteiger partial charge in [0.25, 0.3) is 0 Å². The van der Waals surface area contributed by atoms with Crippen LogP contribution >= 0.6 is 0 Å². The summed E-state index contributed by atoms with van der Waals surface area (Å²) in [6.07, 6.45) is 2.34. The molecule has 0 saturated heterocycles. The SMILES string of the molecule is FC(F)(F)c1ccc(C=C2CCCC2)cc1. The third-order valence-corrected chi connectivity index (χ3v) is 2.85. The van der Waals surface area contributed by atoms with Crippen LogP contribution in [-0.4, -0.2) is 0 Å². The highest BCUT2D eigenvalue weighted by atomic mass is 19.4. The fourth-order valence-corrected chi connectivity index (χ4v) is 1.98. The summed E-state index contributed by atoms with van der Waals surface area (Å²) < 4.78 is 36.9. The van der Waals surface area contributed by atoms with Gasteiger partial charge in [0.2, 0.25) is 0 Å². The average molecular weight is 226 g/mol. The third-order valence-electron chi connectivity index (χ3n) is 2.85. The Kier molecular flexibility index (Phi) is 3.03. The van der Waals surface area contributed by atoms with E-state index in [1.807, 2.05) is 6.08 Å². The second kappa shape index (κ2) is 4.32. The zero-order chi connectivity index (χ0) is 11.6. The molecule has 0 amide bonds. The molecule has 0 spiro atoms. The fourth-order valence-electron chi connectivity index (χ4n) is 1.98. The first-order chi connectivity index (χ1) is 7.55. The standard InChI is InChI=1S/C13H13F3/c14-13(15,16)12-7-5-11(6-8-12)9-10-3-1-2-4-10/h5-9H,1-4H2. The van der Waals surface area contributed by atoms with Crippen LogP contribution < -0.4 is 0 Å². The second-order valence-corrected chi connectivity index (χ2v) is 4.13. The summed E-state index contributed by atoms with van der Waals surface area (Å²) in [6.45, 7) is 0. The monoisotopic (exact) mass is 226 g/mol. The number of benzene rings is 1. The summed E-state index contributed by atoms with van der Waals surface area (Å²) in [7, 11) is 0. The van der Waals surface area contributed by atoms with E-state index in [1.165, 1.54) is 30.5 Å². The number of hydrogen-bond donors (Lipinski definition) is 0. The highest BCUT2D eigenvalue weighted by molar-refractivity contribution is 5.53. The van der Waals surface area contributed by atoms with Crippen LogP contribution in [0.3, 0.4) is 0 Å². The van der Waals surface area contributed by atoms with Crippen LogP contribution in [0.1, 0.15) is 36.8 Å². The van der Waals surface area contributed by atoms with Crippen molar-refractivity contribution >= 4 is 6.08 Å². The van der Waals surface area contributed by atoms with Crippen molar-refractivity contribution in [3.63, 3.8) is 0 Å². The van der Waals surface area contributed by atoms with Gasteiger partial charge in [-0.15, -0.1) is 0 Å². The van der Waals surface area contributed by atoms with Gasteiger partial charge in [-0.2, -0.15) is 13.2 Å². The van der Waals surface area contributed by atoms with Crippen LogP contribution in [0.15, 0.2) is 29.8 Å². The van der Waals surface area contributed by atoms with E-state index in [-0.39, 0.29) is 0 Å². The van der Waals surface area contributed by atoms with Gasteiger partial charge in [-0.05, 0) is 43.4 Å². The molecule has 1 aliphatic carbocycles. The van der Waals surface area contributed by atoms with Crippen molar-refractivity contribution in [1.82, 2.24) is 0 Å². The molecule has 16 heavy (non-hydrogen) atoms. The minimum Gasteiger partial charge on any atom is -0.166 e. The molecule has 1 aromatic rings. The van der Waals surface area contributed by atoms with E-state index in [0.717, 1.165) is 30.5 Å². The molecule has 1 fully saturated rings. The number of alkyl halides is 3. The van der Waals surface area contributed by atoms with Gasteiger partial charge in [-0.1, -0.05) is 23.8 Å². The topological polar surface area (TPSA) is 0 Å². The van der Waals surface area contributed by atoms with E-state index < -0.39 is 11.7 Å². The predicted molar refractivity (Wildman–Crippen MR) is 57.9 cm³/mol. The van der Waals surface area contributed by atoms with Crippen LogP contribution in [0.4, 0.5) is 13.2 Å². The molecule has 0 aromatic heterocycles. The van der Waals surface area contributed by atoms with Gasteiger partial charge in [0, 0.05) is 0 Å². The van der Waals surface area contributed by atoms with Gasteiger partial charge in [0.15, 0.2) is 0 Å². The highest BCUT2D eigenvalue weighted by Crippen LogP contribution is 2.30. The quantitative estimate of drug-likeness (QED) is 0.653. The molecule has 1 aliphatic rings. The Morgan fingerprint density at radius 2 is 1.50 bits per heavy atom. The van der Waals surface area contributed by atoms with Crippen molar-refractivity contribution in [2.45, 2.75) is 31.9 Å². The molecule has 2 rings (SSSR count). The minimum absolute atomic E-state index is 0.582. The van der Waals surface area contributed by atoms with Gasteiger partial charge < -0.3 is 0 Å². The van der Waals surface area contributed by atoms with Crippen LogP contribution in [0.2, 0.25) is 0 Å². The Labute approximate surface area is 92.8 Å². The largest absolute Gasteiger partial charge is 0.416 e. The summed E-state index contributed by atoms with van der Waals surface area (Å²) >= 11 is 0. The zero-order valence-electron chi connectivity index (χ0n) is 8.85. The van der Waals surface area contributed by atoms with Crippen molar-refractivity contribution in [3.05, 3.63) is 41.0 Å². The van der Waals surface area contributed by atoms with Gasteiger partial charge in [0.05, 0.1) is 5.56 Å². The van der Waals surface area contributed by atoms with E-state index in [9.17, 15) is 13.2 Å². The Morgan fingerprint density at radius 3 is 2.00 bits per heavy atom. The third kappa shape index (κ3) is 2.65. The first-order valence-corrected chi connectivity index (χ1v) is 5.42. The molecule has 0 atom stereocenters. The zero-order valence-corrected chi connectivity index (χ0v) is 8.85. The first-order valence-electron chi connectivity index (χ1n) is 5.42. The van der Waals surface area contributed by atoms with E-state index in [2.05, 4.69) is 0 Å². The first kappa shape index (κ1) is 11.2. The summed E-state index contributed by atoms with van der Waals surface area (Å²) in [5.74, 6) is 0. The number of rotatable bonds is 1. The summed E-state index contributed by atoms with van der Waals surface area (Å²) in [5.41, 5.74) is 1.63. The van der Waals surface area contributed by atoms with Crippen LogP contribution in [0.25, 0.3) is 6.08 Å². The van der Waals surface area contributed by atoms with E-state index >= 15 is 0 Å². The molecule has 0 aliphatic heterocycles. The lowest BCUT2D eigenvalue weighted by atomic mass is 10.1. The van der Waals surface area contributed by atoms with Crippen molar-refractivity contribution in [2.75, 3.05) is 0 Å². The Bertz CT molecular complexity index is 377. The van der Waals surface area contributed by atoms with E-state index in [1.54, 1.807) is 0 Å². The lowest BCUT2D eigenvalue weighted by Crippen LogP contribution is -2.03. The maximum Gasteiger partial charge on any atom is 0.416 e. The van der Waals surface area contributed by atoms with Crippen LogP contribution in [-0.2, 0) is 6.18 Å². The van der Waals surface area contributed by atoms with Gasteiger partial charge >= 0.3 is 6.18 Å². The second-order valence-electron chi connectivity index (χ2n) is 4.13. The maximum absolute atomic E-state index is 12.3. The Morgan fingerprint density at radius 1 is 0.938 bits per heavy atom. The number of hydrogen-bond acceptors (Lipinski definition) is 0. The molecule has 1 saturated carbocycles. The summed E-state index contributed by atoms with van der Waals surface area (Å²) in [6, 6.07) is 5.35. The molecular weight excluding hydrogens is 213 g/mol. The Balaban J connectivity index is 2.16. The van der Waals surface area contributed by atoms with Crippen molar-refractivity contribution in [2.24, 2.45) is 0 Å². The molecule has 0 nitrogen and oxygen atoms in total. The summed E-state index contributed by atoms with van der Waals surface area (Å²) in [5, 5.41) is 0. The molecule has 86 valence electrons. The highest BCUT2D eigenvalue weighted by Gasteiger charge is 2.29.